The molecule has 16 heavy (non-hydrogen) atoms. The van der Waals surface area contributed by atoms with Gasteiger partial charge in [-0.25, -0.2) is 0 Å². The Bertz CT molecular complexity index is 504. The molecular formula is C15H18N+. The van der Waals surface area contributed by atoms with Gasteiger partial charge in [0.05, 0.1) is 0 Å². The van der Waals surface area contributed by atoms with Crippen molar-refractivity contribution in [3.8, 4) is 0 Å². The number of aryl methyl sites for hydroxylation is 2. The number of nitrogens with zero attached hydrogens (tertiary/aromatic N) is 1. The molecule has 0 atom stereocenters. The van der Waals surface area contributed by atoms with E-state index < -0.39 is 0 Å². The zero-order chi connectivity index (χ0) is 11.1. The SMILES string of the molecule is Cc1c2c([n+](C)c3ccccc13)CCCC2. The van der Waals surface area contributed by atoms with E-state index in [0.29, 0.717) is 0 Å². The fraction of sp³-hybridized carbons (Fsp3) is 0.400. The molecule has 0 N–H and O–H groups in total. The van der Waals surface area contributed by atoms with Gasteiger partial charge in [0.15, 0.2) is 5.69 Å². The van der Waals surface area contributed by atoms with E-state index in [4.69, 9.17) is 0 Å². The summed E-state index contributed by atoms with van der Waals surface area (Å²) >= 11 is 0. The lowest BCUT2D eigenvalue weighted by atomic mass is 9.90. The summed E-state index contributed by atoms with van der Waals surface area (Å²) in [6, 6.07) is 8.76. The van der Waals surface area contributed by atoms with Crippen molar-refractivity contribution in [1.29, 1.82) is 0 Å². The Kier molecular flexibility index (Phi) is 2.20. The monoisotopic (exact) mass is 212 g/mol. The summed E-state index contributed by atoms with van der Waals surface area (Å²) < 4.78 is 2.40. The molecule has 0 aliphatic heterocycles. The van der Waals surface area contributed by atoms with Gasteiger partial charge in [-0.15, -0.1) is 0 Å². The third-order valence-corrected chi connectivity index (χ3v) is 3.97. The topological polar surface area (TPSA) is 3.88 Å². The molecule has 0 amide bonds. The molecule has 0 saturated carbocycles. The van der Waals surface area contributed by atoms with Crippen molar-refractivity contribution in [2.24, 2.45) is 7.05 Å². The van der Waals surface area contributed by atoms with Crippen LogP contribution in [0.25, 0.3) is 10.9 Å². The van der Waals surface area contributed by atoms with Crippen LogP contribution in [-0.2, 0) is 19.9 Å². The van der Waals surface area contributed by atoms with E-state index in [1.807, 2.05) is 0 Å². The Morgan fingerprint density at radius 1 is 1.06 bits per heavy atom. The Morgan fingerprint density at radius 2 is 1.81 bits per heavy atom. The normalized spacial score (nSPS) is 15.1. The van der Waals surface area contributed by atoms with Gasteiger partial charge >= 0.3 is 0 Å². The molecule has 1 heterocycles. The third kappa shape index (κ3) is 1.27. The third-order valence-electron chi connectivity index (χ3n) is 3.97. The maximum Gasteiger partial charge on any atom is 0.212 e. The lowest BCUT2D eigenvalue weighted by Gasteiger charge is -2.17. The highest BCUT2D eigenvalue weighted by Crippen LogP contribution is 2.26. The summed E-state index contributed by atoms with van der Waals surface area (Å²) in [5.74, 6) is 0. The number of hydrogen-bond donors (Lipinski definition) is 0. The zero-order valence-corrected chi connectivity index (χ0v) is 10.1. The number of benzene rings is 1. The number of para-hydroxylation sites is 1. The minimum atomic E-state index is 1.25. The van der Waals surface area contributed by atoms with Crippen LogP contribution in [-0.4, -0.2) is 0 Å². The van der Waals surface area contributed by atoms with Crippen molar-refractivity contribution in [2.75, 3.05) is 0 Å². The molecule has 3 rings (SSSR count). The fourth-order valence-electron chi connectivity index (χ4n) is 3.05. The number of fused-ring (bicyclic) bond motifs is 2. The minimum Gasteiger partial charge on any atom is -0.198 e. The van der Waals surface area contributed by atoms with Crippen LogP contribution < -0.4 is 4.57 Å². The highest BCUT2D eigenvalue weighted by molar-refractivity contribution is 5.80. The molecule has 0 unspecified atom stereocenters. The van der Waals surface area contributed by atoms with Gasteiger partial charge in [-0.2, -0.15) is 4.57 Å². The Labute approximate surface area is 96.7 Å². The van der Waals surface area contributed by atoms with Gasteiger partial charge in [-0.05, 0) is 37.8 Å². The number of aromatic nitrogens is 1. The van der Waals surface area contributed by atoms with Gasteiger partial charge in [0, 0.05) is 23.4 Å². The summed E-state index contributed by atoms with van der Waals surface area (Å²) in [7, 11) is 2.21. The summed E-state index contributed by atoms with van der Waals surface area (Å²) in [5, 5.41) is 1.42. The first-order chi connectivity index (χ1) is 7.79. The Hall–Kier alpha value is -1.37. The smallest absolute Gasteiger partial charge is 0.198 e. The van der Waals surface area contributed by atoms with Crippen LogP contribution in [0.5, 0.6) is 0 Å². The molecule has 1 aliphatic rings. The van der Waals surface area contributed by atoms with Gasteiger partial charge < -0.3 is 0 Å². The summed E-state index contributed by atoms with van der Waals surface area (Å²) in [6.07, 6.45) is 5.21. The van der Waals surface area contributed by atoms with Crippen LogP contribution in [0.15, 0.2) is 24.3 Å². The predicted octanol–water partition coefficient (Wildman–Crippen LogP) is 2.85. The van der Waals surface area contributed by atoms with Crippen molar-refractivity contribution in [3.63, 3.8) is 0 Å². The quantitative estimate of drug-likeness (QED) is 0.591. The molecule has 1 aromatic carbocycles. The molecular weight excluding hydrogens is 194 g/mol. The second-order valence-electron chi connectivity index (χ2n) is 4.83. The number of hydrogen-bond acceptors (Lipinski definition) is 0. The van der Waals surface area contributed by atoms with Crippen molar-refractivity contribution < 1.29 is 4.57 Å². The summed E-state index contributed by atoms with van der Waals surface area (Å²) in [6.45, 7) is 2.28. The van der Waals surface area contributed by atoms with Gasteiger partial charge in [-0.3, -0.25) is 0 Å². The molecule has 1 aliphatic carbocycles. The molecule has 1 aromatic heterocycles. The molecule has 0 radical (unpaired) electrons. The largest absolute Gasteiger partial charge is 0.212 e. The Morgan fingerprint density at radius 3 is 2.69 bits per heavy atom. The standard InChI is InChI=1S/C15H18N/c1-11-12-7-3-5-9-14(12)16(2)15-10-6-4-8-13(11)15/h3,5,7,9H,4,6,8,10H2,1-2H3/q+1. The maximum atomic E-state index is 2.40. The lowest BCUT2D eigenvalue weighted by molar-refractivity contribution is -0.653. The molecule has 1 heteroatoms. The zero-order valence-electron chi connectivity index (χ0n) is 10.1. The molecule has 0 bridgehead atoms. The van der Waals surface area contributed by atoms with E-state index in [0.717, 1.165) is 0 Å². The van der Waals surface area contributed by atoms with Crippen LogP contribution in [0.2, 0.25) is 0 Å². The van der Waals surface area contributed by atoms with Crippen molar-refractivity contribution in [2.45, 2.75) is 32.6 Å². The molecule has 82 valence electrons. The summed E-state index contributed by atoms with van der Waals surface area (Å²) in [4.78, 5) is 0. The van der Waals surface area contributed by atoms with Crippen LogP contribution in [0.3, 0.4) is 0 Å². The van der Waals surface area contributed by atoms with Crippen LogP contribution >= 0.6 is 0 Å². The van der Waals surface area contributed by atoms with Gasteiger partial charge in [-0.1, -0.05) is 12.1 Å². The maximum absolute atomic E-state index is 2.40. The van der Waals surface area contributed by atoms with E-state index in [1.165, 1.54) is 42.1 Å². The molecule has 0 spiro atoms. The van der Waals surface area contributed by atoms with E-state index >= 15 is 0 Å². The predicted molar refractivity (Wildman–Crippen MR) is 66.5 cm³/mol. The first-order valence-electron chi connectivity index (χ1n) is 6.18. The molecule has 2 aromatic rings. The van der Waals surface area contributed by atoms with Crippen LogP contribution in [0.4, 0.5) is 0 Å². The fourth-order valence-corrected chi connectivity index (χ4v) is 3.05. The van der Waals surface area contributed by atoms with Crippen LogP contribution in [0.1, 0.15) is 29.7 Å². The van der Waals surface area contributed by atoms with E-state index in [2.05, 4.69) is 42.8 Å². The molecule has 0 fully saturated rings. The van der Waals surface area contributed by atoms with E-state index in [-0.39, 0.29) is 0 Å². The molecule has 1 nitrogen and oxygen atoms in total. The lowest BCUT2D eigenvalue weighted by Crippen LogP contribution is -2.37. The van der Waals surface area contributed by atoms with Crippen molar-refractivity contribution in [1.82, 2.24) is 0 Å². The van der Waals surface area contributed by atoms with Gasteiger partial charge in [0.25, 0.3) is 0 Å². The highest BCUT2D eigenvalue weighted by atomic mass is 14.9. The number of pyridine rings is 1. The number of rotatable bonds is 0. The van der Waals surface area contributed by atoms with Gasteiger partial charge in [0.1, 0.15) is 7.05 Å². The Balaban J connectivity index is 2.44. The second-order valence-corrected chi connectivity index (χ2v) is 4.83. The highest BCUT2D eigenvalue weighted by Gasteiger charge is 2.23. The average Bonchev–Trinajstić information content (AvgIpc) is 2.36. The van der Waals surface area contributed by atoms with Gasteiger partial charge in [0.2, 0.25) is 5.52 Å². The van der Waals surface area contributed by atoms with Crippen molar-refractivity contribution in [3.05, 3.63) is 41.1 Å². The second kappa shape index (κ2) is 3.58. The summed E-state index contributed by atoms with van der Waals surface area (Å²) in [5.41, 5.74) is 6.04. The minimum absolute atomic E-state index is 1.25. The van der Waals surface area contributed by atoms with Crippen molar-refractivity contribution >= 4 is 10.9 Å². The first kappa shape index (κ1) is 9.83. The van der Waals surface area contributed by atoms with E-state index in [1.54, 1.807) is 11.3 Å². The van der Waals surface area contributed by atoms with Crippen LogP contribution in [0, 0.1) is 6.92 Å². The van der Waals surface area contributed by atoms with E-state index in [9.17, 15) is 0 Å². The first-order valence-corrected chi connectivity index (χ1v) is 6.18. The average molecular weight is 212 g/mol. The molecule has 0 saturated heterocycles.